The van der Waals surface area contributed by atoms with E-state index < -0.39 is 5.60 Å². The molecule has 9 atom stereocenters. The van der Waals surface area contributed by atoms with Gasteiger partial charge in [-0.05, 0) is 118 Å². The van der Waals surface area contributed by atoms with Crippen molar-refractivity contribution in [1.29, 1.82) is 0 Å². The van der Waals surface area contributed by atoms with E-state index in [0.29, 0.717) is 23.0 Å². The van der Waals surface area contributed by atoms with Crippen LogP contribution in [0, 0.1) is 40.4 Å². The summed E-state index contributed by atoms with van der Waals surface area (Å²) in [7, 11) is 0. The van der Waals surface area contributed by atoms with E-state index in [-0.39, 0.29) is 17.4 Å². The van der Waals surface area contributed by atoms with Gasteiger partial charge < -0.3 is 5.11 Å². The zero-order valence-corrected chi connectivity index (χ0v) is 21.3. The van der Waals surface area contributed by atoms with Crippen molar-refractivity contribution in [1.82, 2.24) is 15.0 Å². The second-order valence-corrected chi connectivity index (χ2v) is 13.1. The highest BCUT2D eigenvalue weighted by Crippen LogP contribution is 2.68. The molecule has 0 radical (unpaired) electrons. The maximum Gasteiger partial charge on any atom is 0.160 e. The molecule has 5 heteroatoms. The quantitative estimate of drug-likeness (QED) is 0.609. The maximum atomic E-state index is 14.0. The van der Waals surface area contributed by atoms with Crippen molar-refractivity contribution in [3.63, 3.8) is 0 Å². The number of benzene rings is 1. The summed E-state index contributed by atoms with van der Waals surface area (Å²) >= 11 is 0. The molecule has 6 rings (SSSR count). The summed E-state index contributed by atoms with van der Waals surface area (Å²) < 4.78 is 1.85. The third-order valence-corrected chi connectivity index (χ3v) is 11.5. The first-order chi connectivity index (χ1) is 16.1. The molecule has 5 nitrogen and oxygen atoms in total. The predicted octanol–water partition coefficient (Wildman–Crippen LogP) is 5.97. The lowest BCUT2D eigenvalue weighted by atomic mass is 9.44. The molecule has 1 aromatic carbocycles. The summed E-state index contributed by atoms with van der Waals surface area (Å²) in [6.45, 7) is 9.05. The minimum atomic E-state index is -0.479. The van der Waals surface area contributed by atoms with E-state index in [9.17, 15) is 9.90 Å². The second-order valence-electron chi connectivity index (χ2n) is 13.1. The van der Waals surface area contributed by atoms with Gasteiger partial charge >= 0.3 is 0 Å². The highest BCUT2D eigenvalue weighted by Gasteiger charge is 2.62. The smallest absolute Gasteiger partial charge is 0.160 e. The Balaban J connectivity index is 1.25. The number of carbonyl (C=O) groups is 1. The largest absolute Gasteiger partial charge is 0.390 e. The molecule has 1 heterocycles. The number of fused-ring (bicyclic) bond motifs is 6. The topological polar surface area (TPSA) is 68.0 Å². The molecule has 4 aliphatic carbocycles. The van der Waals surface area contributed by atoms with Crippen molar-refractivity contribution in [2.24, 2.45) is 40.4 Å². The molecule has 0 amide bonds. The van der Waals surface area contributed by atoms with Crippen molar-refractivity contribution in [2.75, 3.05) is 0 Å². The van der Waals surface area contributed by atoms with Gasteiger partial charge in [-0.2, -0.15) is 0 Å². The SMILES string of the molecule is C[C@H](C(=O)[C@H]1CC[C@H]2[C@@H]3CC[C@@H]4C[C@](C)(O)CC[C@]4(C)[C@H]3CC[C@]12C)n1nnc2ccccc21. The number of para-hydroxylation sites is 1. The van der Waals surface area contributed by atoms with E-state index in [0.717, 1.165) is 48.6 Å². The lowest BCUT2D eigenvalue weighted by Crippen LogP contribution is -2.55. The number of Topliss-reactive ketones (excluding diaryl/α,β-unsaturated/α-hetero) is 1. The van der Waals surface area contributed by atoms with E-state index in [1.807, 2.05) is 42.8 Å². The molecule has 0 spiro atoms. The van der Waals surface area contributed by atoms with Crippen LogP contribution in [-0.4, -0.2) is 31.5 Å². The van der Waals surface area contributed by atoms with E-state index in [1.54, 1.807) is 0 Å². The molecule has 34 heavy (non-hydrogen) atoms. The van der Waals surface area contributed by atoms with Gasteiger partial charge in [-0.25, -0.2) is 4.68 Å². The second kappa shape index (κ2) is 7.62. The van der Waals surface area contributed by atoms with Gasteiger partial charge in [0.1, 0.15) is 11.6 Å². The highest BCUT2D eigenvalue weighted by atomic mass is 16.3. The first-order valence-electron chi connectivity index (χ1n) is 13.7. The zero-order valence-electron chi connectivity index (χ0n) is 21.3. The number of ketones is 1. The Morgan fingerprint density at radius 2 is 1.76 bits per heavy atom. The van der Waals surface area contributed by atoms with Crippen LogP contribution in [0.15, 0.2) is 24.3 Å². The Hall–Kier alpha value is -1.75. The summed E-state index contributed by atoms with van der Waals surface area (Å²) in [6, 6.07) is 7.67. The minimum Gasteiger partial charge on any atom is -0.390 e. The summed E-state index contributed by atoms with van der Waals surface area (Å²) in [5, 5.41) is 19.4. The van der Waals surface area contributed by atoms with Crippen LogP contribution >= 0.6 is 0 Å². The standard InChI is InChI=1S/C29H41N3O2/c1-18(32-25-8-6-5-7-24(25)30-31-32)26(33)23-12-11-21-20-10-9-19-17-27(2,34)15-16-28(19,3)22(20)13-14-29(21,23)4/h5-8,18-23,34H,9-17H2,1-4H3/t18-,19-,20+,21+,22+,23-,27-,28+,29+/m1/s1. The fraction of sp³-hybridized carbons (Fsp3) is 0.759. The molecular formula is C29H41N3O2. The molecule has 0 aliphatic heterocycles. The summed E-state index contributed by atoms with van der Waals surface area (Å²) in [6.07, 6.45) is 10.2. The van der Waals surface area contributed by atoms with E-state index in [1.165, 1.54) is 32.1 Å². The summed E-state index contributed by atoms with van der Waals surface area (Å²) in [4.78, 5) is 14.0. The Bertz CT molecular complexity index is 1110. The van der Waals surface area contributed by atoms with Crippen LogP contribution in [0.1, 0.15) is 91.5 Å². The third-order valence-electron chi connectivity index (χ3n) is 11.5. The maximum absolute atomic E-state index is 14.0. The van der Waals surface area contributed by atoms with Crippen molar-refractivity contribution in [2.45, 2.75) is 97.1 Å². The van der Waals surface area contributed by atoms with Crippen LogP contribution in [0.4, 0.5) is 0 Å². The first kappa shape index (κ1) is 22.7. The number of nitrogens with zero attached hydrogens (tertiary/aromatic N) is 3. The highest BCUT2D eigenvalue weighted by molar-refractivity contribution is 5.87. The molecular weight excluding hydrogens is 422 g/mol. The molecule has 2 aromatic rings. The van der Waals surface area contributed by atoms with Gasteiger partial charge in [-0.15, -0.1) is 5.10 Å². The molecule has 1 N–H and O–H groups in total. The molecule has 4 aliphatic rings. The average Bonchev–Trinajstić information content (AvgIpc) is 3.39. The van der Waals surface area contributed by atoms with Gasteiger partial charge in [0.25, 0.3) is 0 Å². The van der Waals surface area contributed by atoms with E-state index in [4.69, 9.17) is 0 Å². The monoisotopic (exact) mass is 463 g/mol. The fourth-order valence-corrected chi connectivity index (χ4v) is 9.48. The number of hydrogen-bond acceptors (Lipinski definition) is 4. The Morgan fingerprint density at radius 3 is 2.59 bits per heavy atom. The number of rotatable bonds is 3. The molecule has 0 bridgehead atoms. The van der Waals surface area contributed by atoms with Crippen LogP contribution < -0.4 is 0 Å². The van der Waals surface area contributed by atoms with Crippen molar-refractivity contribution in [3.05, 3.63) is 24.3 Å². The van der Waals surface area contributed by atoms with Gasteiger partial charge in [-0.3, -0.25) is 4.79 Å². The fourth-order valence-electron chi connectivity index (χ4n) is 9.48. The Morgan fingerprint density at radius 1 is 1.00 bits per heavy atom. The Kier molecular flexibility index (Phi) is 5.09. The zero-order chi connectivity index (χ0) is 23.9. The molecule has 0 saturated heterocycles. The summed E-state index contributed by atoms with van der Waals surface area (Å²) in [5.41, 5.74) is 1.79. The normalized spacial score (nSPS) is 44.8. The van der Waals surface area contributed by atoms with Gasteiger partial charge in [-0.1, -0.05) is 31.2 Å². The van der Waals surface area contributed by atoms with Gasteiger partial charge in [0.15, 0.2) is 5.78 Å². The van der Waals surface area contributed by atoms with E-state index >= 15 is 0 Å². The van der Waals surface area contributed by atoms with Crippen LogP contribution in [0.5, 0.6) is 0 Å². The lowest BCUT2D eigenvalue weighted by Gasteiger charge is -2.61. The minimum absolute atomic E-state index is 0.103. The van der Waals surface area contributed by atoms with Crippen LogP contribution in [0.3, 0.4) is 0 Å². The van der Waals surface area contributed by atoms with Crippen LogP contribution in [0.2, 0.25) is 0 Å². The van der Waals surface area contributed by atoms with Crippen molar-refractivity contribution < 1.29 is 9.90 Å². The van der Waals surface area contributed by atoms with Crippen LogP contribution in [0.25, 0.3) is 11.0 Å². The lowest BCUT2D eigenvalue weighted by molar-refractivity contribution is -0.151. The number of aliphatic hydroxyl groups is 1. The number of carbonyl (C=O) groups excluding carboxylic acids is 1. The molecule has 4 fully saturated rings. The Labute approximate surface area is 203 Å². The molecule has 1 aromatic heterocycles. The van der Waals surface area contributed by atoms with Crippen molar-refractivity contribution in [3.8, 4) is 0 Å². The number of aromatic nitrogens is 3. The molecule has 0 unspecified atom stereocenters. The first-order valence-corrected chi connectivity index (χ1v) is 13.7. The molecule has 4 saturated carbocycles. The molecule has 184 valence electrons. The van der Waals surface area contributed by atoms with E-state index in [2.05, 4.69) is 24.2 Å². The van der Waals surface area contributed by atoms with Gasteiger partial charge in [0.2, 0.25) is 0 Å². The van der Waals surface area contributed by atoms with Crippen LogP contribution in [-0.2, 0) is 4.79 Å². The number of hydrogen-bond donors (Lipinski definition) is 1. The van der Waals surface area contributed by atoms with Crippen molar-refractivity contribution >= 4 is 16.8 Å². The van der Waals surface area contributed by atoms with Gasteiger partial charge in [0.05, 0.1) is 11.1 Å². The van der Waals surface area contributed by atoms with Gasteiger partial charge in [0, 0.05) is 5.92 Å². The average molecular weight is 464 g/mol. The predicted molar refractivity (Wildman–Crippen MR) is 133 cm³/mol. The summed E-state index contributed by atoms with van der Waals surface area (Å²) in [5.74, 6) is 3.28. The third kappa shape index (κ3) is 3.18.